The minimum atomic E-state index is -2.69. The monoisotopic (exact) mass is 343 g/mol. The molecule has 1 N–H and O–H groups in total. The molecule has 0 aliphatic carbocycles. The van der Waals surface area contributed by atoms with Crippen LogP contribution >= 0.6 is 7.29 Å². The fourth-order valence-electron chi connectivity index (χ4n) is 3.08. The molecule has 0 aliphatic rings. The summed E-state index contributed by atoms with van der Waals surface area (Å²) < 4.78 is 13.5. The van der Waals surface area contributed by atoms with E-state index < -0.39 is 7.29 Å². The molecule has 0 saturated heterocycles. The molecule has 0 heterocycles. The SMILES string of the molecule is C=CC(=O)NP(=O)(CC(CC)CCCC)CC(CC)CCCC. The quantitative estimate of drug-likeness (QED) is 0.310. The third kappa shape index (κ3) is 10.0. The summed E-state index contributed by atoms with van der Waals surface area (Å²) in [6, 6.07) is 0. The lowest BCUT2D eigenvalue weighted by Gasteiger charge is -2.27. The lowest BCUT2D eigenvalue weighted by Crippen LogP contribution is -2.26. The van der Waals surface area contributed by atoms with E-state index in [9.17, 15) is 9.36 Å². The number of carbonyl (C=O) groups excluding carboxylic acids is 1. The Labute approximate surface area is 144 Å². The van der Waals surface area contributed by atoms with Gasteiger partial charge in [0.05, 0.1) is 0 Å². The van der Waals surface area contributed by atoms with Crippen LogP contribution in [0.15, 0.2) is 12.7 Å². The summed E-state index contributed by atoms with van der Waals surface area (Å²) in [6.07, 6.45) is 11.5. The highest BCUT2D eigenvalue weighted by Gasteiger charge is 2.29. The first-order valence-electron chi connectivity index (χ1n) is 9.47. The smallest absolute Gasteiger partial charge is 0.248 e. The molecule has 0 fully saturated rings. The molecule has 0 bridgehead atoms. The minimum Gasteiger partial charge on any atom is -0.303 e. The second-order valence-corrected chi connectivity index (χ2v) is 9.50. The molecule has 0 radical (unpaired) electrons. The Morgan fingerprint density at radius 2 is 1.43 bits per heavy atom. The van der Waals surface area contributed by atoms with Gasteiger partial charge in [-0.25, -0.2) is 0 Å². The number of rotatable bonds is 14. The van der Waals surface area contributed by atoms with Crippen molar-refractivity contribution in [3.05, 3.63) is 12.7 Å². The third-order valence-electron chi connectivity index (χ3n) is 4.69. The van der Waals surface area contributed by atoms with Gasteiger partial charge in [0.2, 0.25) is 5.91 Å². The van der Waals surface area contributed by atoms with Crippen molar-refractivity contribution in [1.29, 1.82) is 0 Å². The number of hydrogen-bond donors (Lipinski definition) is 1. The second-order valence-electron chi connectivity index (χ2n) is 6.77. The molecule has 0 aromatic carbocycles. The number of nitrogens with one attached hydrogen (secondary N) is 1. The molecule has 23 heavy (non-hydrogen) atoms. The standard InChI is InChI=1S/C19H38NO2P/c1-6-11-13-17(8-3)15-23(22,20-19(21)10-5)16-18(9-4)14-12-7-2/h10,17-18H,5-9,11-16H2,1-4H3,(H,20,21,22). The fourth-order valence-corrected chi connectivity index (χ4v) is 6.46. The van der Waals surface area contributed by atoms with Crippen molar-refractivity contribution in [1.82, 2.24) is 5.09 Å². The summed E-state index contributed by atoms with van der Waals surface area (Å²) >= 11 is 0. The predicted octanol–water partition coefficient (Wildman–Crippen LogP) is 6.00. The van der Waals surface area contributed by atoms with Crippen LogP contribution in [0.25, 0.3) is 0 Å². The topological polar surface area (TPSA) is 46.2 Å². The number of amides is 1. The zero-order valence-electron chi connectivity index (χ0n) is 15.8. The zero-order chi connectivity index (χ0) is 17.7. The number of hydrogen-bond acceptors (Lipinski definition) is 2. The van der Waals surface area contributed by atoms with Gasteiger partial charge in [0.25, 0.3) is 0 Å². The maximum atomic E-state index is 13.5. The maximum absolute atomic E-state index is 13.5. The molecule has 3 nitrogen and oxygen atoms in total. The Hall–Kier alpha value is -0.560. The van der Waals surface area contributed by atoms with Gasteiger partial charge < -0.3 is 9.65 Å². The van der Waals surface area contributed by atoms with E-state index in [4.69, 9.17) is 0 Å². The van der Waals surface area contributed by atoms with Crippen LogP contribution in [0, 0.1) is 11.8 Å². The molecule has 136 valence electrons. The van der Waals surface area contributed by atoms with E-state index in [0.717, 1.165) is 38.5 Å². The van der Waals surface area contributed by atoms with Gasteiger partial charge in [-0.05, 0) is 30.8 Å². The van der Waals surface area contributed by atoms with E-state index in [1.54, 1.807) is 0 Å². The molecule has 0 aromatic rings. The highest BCUT2D eigenvalue weighted by Crippen LogP contribution is 2.47. The average molecular weight is 343 g/mol. The van der Waals surface area contributed by atoms with Crippen LogP contribution < -0.4 is 5.09 Å². The van der Waals surface area contributed by atoms with Crippen LogP contribution in [0.4, 0.5) is 0 Å². The lowest BCUT2D eigenvalue weighted by atomic mass is 10.0. The van der Waals surface area contributed by atoms with Crippen molar-refractivity contribution in [2.75, 3.05) is 12.3 Å². The molecule has 0 aromatic heterocycles. The van der Waals surface area contributed by atoms with E-state index in [2.05, 4.69) is 39.4 Å². The highest BCUT2D eigenvalue weighted by molar-refractivity contribution is 7.62. The van der Waals surface area contributed by atoms with Crippen LogP contribution in [0.1, 0.15) is 79.1 Å². The van der Waals surface area contributed by atoms with Gasteiger partial charge >= 0.3 is 0 Å². The first-order valence-corrected chi connectivity index (χ1v) is 11.5. The van der Waals surface area contributed by atoms with Gasteiger partial charge in [-0.3, -0.25) is 4.79 Å². The van der Waals surface area contributed by atoms with Gasteiger partial charge in [-0.2, -0.15) is 0 Å². The first kappa shape index (κ1) is 22.4. The lowest BCUT2D eigenvalue weighted by molar-refractivity contribution is -0.114. The predicted molar refractivity (Wildman–Crippen MR) is 102 cm³/mol. The van der Waals surface area contributed by atoms with Crippen LogP contribution in [-0.2, 0) is 9.36 Å². The summed E-state index contributed by atoms with van der Waals surface area (Å²) in [5.74, 6) is 0.591. The van der Waals surface area contributed by atoms with Gasteiger partial charge in [-0.15, -0.1) is 0 Å². The molecule has 2 unspecified atom stereocenters. The number of unbranched alkanes of at least 4 members (excludes halogenated alkanes) is 2. The van der Waals surface area contributed by atoms with Gasteiger partial charge in [-0.1, -0.05) is 72.8 Å². The number of carbonyl (C=O) groups is 1. The summed E-state index contributed by atoms with van der Waals surface area (Å²) in [7, 11) is -2.69. The van der Waals surface area contributed by atoms with E-state index in [1.807, 2.05) is 0 Å². The van der Waals surface area contributed by atoms with E-state index >= 15 is 0 Å². The molecular formula is C19H38NO2P. The Bertz CT molecular complexity index is 360. The van der Waals surface area contributed by atoms with Crippen molar-refractivity contribution in [2.24, 2.45) is 11.8 Å². The van der Waals surface area contributed by atoms with Crippen molar-refractivity contribution in [2.45, 2.75) is 79.1 Å². The van der Waals surface area contributed by atoms with Gasteiger partial charge in [0.1, 0.15) is 0 Å². The van der Waals surface area contributed by atoms with Crippen molar-refractivity contribution in [3.8, 4) is 0 Å². The molecule has 0 saturated carbocycles. The van der Waals surface area contributed by atoms with Crippen molar-refractivity contribution >= 4 is 13.2 Å². The molecule has 0 spiro atoms. The van der Waals surface area contributed by atoms with Crippen LogP contribution in [0.2, 0.25) is 0 Å². The normalized spacial score (nSPS) is 16.3. The maximum Gasteiger partial charge on any atom is 0.248 e. The van der Waals surface area contributed by atoms with Crippen molar-refractivity contribution < 1.29 is 9.36 Å². The second kappa shape index (κ2) is 12.8. The third-order valence-corrected chi connectivity index (χ3v) is 7.53. The van der Waals surface area contributed by atoms with Crippen LogP contribution in [-0.4, -0.2) is 18.2 Å². The Morgan fingerprint density at radius 1 is 1.00 bits per heavy atom. The zero-order valence-corrected chi connectivity index (χ0v) is 16.7. The molecule has 0 rings (SSSR count). The summed E-state index contributed by atoms with van der Waals surface area (Å²) in [6.45, 7) is 12.2. The molecular weight excluding hydrogens is 305 g/mol. The minimum absolute atomic E-state index is 0.288. The average Bonchev–Trinajstić information content (AvgIpc) is 2.55. The van der Waals surface area contributed by atoms with Crippen molar-refractivity contribution in [3.63, 3.8) is 0 Å². The van der Waals surface area contributed by atoms with E-state index in [-0.39, 0.29) is 5.91 Å². The van der Waals surface area contributed by atoms with E-state index in [1.165, 1.54) is 18.9 Å². The van der Waals surface area contributed by atoms with Crippen LogP contribution in [0.3, 0.4) is 0 Å². The Morgan fingerprint density at radius 3 is 1.74 bits per heavy atom. The van der Waals surface area contributed by atoms with Gasteiger partial charge in [0, 0.05) is 12.3 Å². The van der Waals surface area contributed by atoms with Crippen LogP contribution in [0.5, 0.6) is 0 Å². The molecule has 2 atom stereocenters. The van der Waals surface area contributed by atoms with E-state index in [0.29, 0.717) is 24.2 Å². The summed E-state index contributed by atoms with van der Waals surface area (Å²) in [5.41, 5.74) is 0. The molecule has 4 heteroatoms. The molecule has 0 aliphatic heterocycles. The Balaban J connectivity index is 5.01. The highest BCUT2D eigenvalue weighted by atomic mass is 31.2. The largest absolute Gasteiger partial charge is 0.303 e. The van der Waals surface area contributed by atoms with Gasteiger partial charge in [0.15, 0.2) is 7.29 Å². The fraction of sp³-hybridized carbons (Fsp3) is 0.842. The summed E-state index contributed by atoms with van der Waals surface area (Å²) in [4.78, 5) is 11.8. The first-order chi connectivity index (χ1) is 10.9. The summed E-state index contributed by atoms with van der Waals surface area (Å²) in [5, 5.41) is 2.82. The Kier molecular flexibility index (Phi) is 12.5. The molecule has 1 amide bonds.